The van der Waals surface area contributed by atoms with Gasteiger partial charge in [0.1, 0.15) is 5.82 Å². The van der Waals surface area contributed by atoms with E-state index < -0.39 is 0 Å². The number of hydrogen-bond donors (Lipinski definition) is 1. The molecule has 3 aromatic rings. The first-order chi connectivity index (χ1) is 8.83. The number of para-hydroxylation sites is 2. The average molecular weight is 346 g/mol. The number of rotatable bonds is 2. The van der Waals surface area contributed by atoms with Crippen molar-refractivity contribution < 1.29 is 0 Å². The van der Waals surface area contributed by atoms with Crippen LogP contribution in [0.5, 0.6) is 0 Å². The van der Waals surface area contributed by atoms with Gasteiger partial charge in [0.2, 0.25) is 0 Å². The van der Waals surface area contributed by atoms with Gasteiger partial charge in [0.15, 0.2) is 0 Å². The second-order valence-corrected chi connectivity index (χ2v) is 5.17. The summed E-state index contributed by atoms with van der Waals surface area (Å²) in [6.45, 7) is 0. The zero-order valence-electron chi connectivity index (χ0n) is 9.60. The molecule has 0 saturated heterocycles. The van der Waals surface area contributed by atoms with Gasteiger partial charge in [0.05, 0.1) is 14.6 Å². The highest BCUT2D eigenvalue weighted by atomic mass is 127. The molecule has 0 fully saturated rings. The Hall–Kier alpha value is -1.62. The van der Waals surface area contributed by atoms with Crippen molar-refractivity contribution in [3.05, 3.63) is 66.0 Å². The number of hydrogen-bond acceptors (Lipinski definition) is 1. The summed E-state index contributed by atoms with van der Waals surface area (Å²) in [7, 11) is 0. The number of H-pyrrole nitrogens is 1. The molecule has 0 spiro atoms. The number of halogens is 1. The summed E-state index contributed by atoms with van der Waals surface area (Å²) in [5.41, 5.74) is 3.26. The minimum Gasteiger partial charge on any atom is -0.338 e. The summed E-state index contributed by atoms with van der Waals surface area (Å²) in [6, 6.07) is 18.3. The Bertz CT molecular complexity index is 666. The van der Waals surface area contributed by atoms with E-state index in [1.807, 2.05) is 42.5 Å². The summed E-state index contributed by atoms with van der Waals surface area (Å²) >= 11 is 2.31. The van der Waals surface area contributed by atoms with Crippen LogP contribution in [0.1, 0.15) is 11.4 Å². The van der Waals surface area contributed by atoms with Crippen molar-refractivity contribution in [1.82, 2.24) is 9.97 Å². The van der Waals surface area contributed by atoms with Crippen molar-refractivity contribution in [2.45, 2.75) is 0 Å². The normalized spacial score (nSPS) is 11.9. The van der Waals surface area contributed by atoms with Crippen LogP contribution in [0.25, 0.3) is 20.7 Å². The third kappa shape index (κ3) is 2.31. The van der Waals surface area contributed by atoms with Crippen molar-refractivity contribution in [1.29, 1.82) is 0 Å². The number of fused-ring (bicyclic) bond motifs is 1. The van der Waals surface area contributed by atoms with E-state index in [0.29, 0.717) is 0 Å². The molecule has 1 aromatic heterocycles. The molecule has 1 heterocycles. The lowest BCUT2D eigenvalue weighted by Crippen LogP contribution is -1.79. The highest BCUT2D eigenvalue weighted by Crippen LogP contribution is 2.24. The largest absolute Gasteiger partial charge is 0.338 e. The Labute approximate surface area is 119 Å². The van der Waals surface area contributed by atoms with Crippen molar-refractivity contribution in [3.63, 3.8) is 0 Å². The minimum absolute atomic E-state index is 0.917. The molecule has 0 bridgehead atoms. The Morgan fingerprint density at radius 2 is 1.72 bits per heavy atom. The maximum Gasteiger partial charge on any atom is 0.144 e. The zero-order valence-corrected chi connectivity index (χ0v) is 11.8. The van der Waals surface area contributed by atoms with Crippen LogP contribution in [0.15, 0.2) is 54.6 Å². The van der Waals surface area contributed by atoms with E-state index in [4.69, 9.17) is 0 Å². The Morgan fingerprint density at radius 3 is 2.50 bits per heavy atom. The number of imidazole rings is 1. The van der Waals surface area contributed by atoms with Gasteiger partial charge < -0.3 is 4.98 Å². The van der Waals surface area contributed by atoms with Gasteiger partial charge in [-0.15, -0.1) is 0 Å². The maximum atomic E-state index is 4.58. The van der Waals surface area contributed by atoms with Gasteiger partial charge in [0.25, 0.3) is 0 Å². The van der Waals surface area contributed by atoms with Gasteiger partial charge in [-0.2, -0.15) is 0 Å². The van der Waals surface area contributed by atoms with Gasteiger partial charge in [0, 0.05) is 0 Å². The number of nitrogens with zero attached hydrogens (tertiary/aromatic N) is 1. The molecule has 0 aliphatic rings. The predicted molar refractivity (Wildman–Crippen MR) is 84.4 cm³/mol. The summed E-state index contributed by atoms with van der Waals surface area (Å²) < 4.78 is 1.11. The molecule has 3 rings (SSSR count). The third-order valence-electron chi connectivity index (χ3n) is 2.71. The monoisotopic (exact) mass is 346 g/mol. The van der Waals surface area contributed by atoms with E-state index in [1.54, 1.807) is 0 Å². The molecule has 2 aromatic carbocycles. The molecule has 0 aliphatic carbocycles. The Kier molecular flexibility index (Phi) is 3.15. The maximum absolute atomic E-state index is 4.58. The first-order valence-corrected chi connectivity index (χ1v) is 6.78. The van der Waals surface area contributed by atoms with E-state index in [9.17, 15) is 0 Å². The molecular weight excluding hydrogens is 335 g/mol. The molecule has 2 nitrogen and oxygen atoms in total. The van der Waals surface area contributed by atoms with Gasteiger partial charge in [-0.25, -0.2) is 4.98 Å². The molecule has 0 radical (unpaired) electrons. The van der Waals surface area contributed by atoms with Crippen LogP contribution >= 0.6 is 22.6 Å². The van der Waals surface area contributed by atoms with Crippen LogP contribution < -0.4 is 0 Å². The molecule has 1 N–H and O–H groups in total. The fourth-order valence-electron chi connectivity index (χ4n) is 1.83. The highest BCUT2D eigenvalue weighted by Gasteiger charge is 2.04. The molecule has 3 heteroatoms. The van der Waals surface area contributed by atoms with Gasteiger partial charge in [-0.05, 0) is 46.4 Å². The molecule has 0 aliphatic heterocycles. The minimum atomic E-state index is 0.917. The second kappa shape index (κ2) is 4.94. The first kappa shape index (κ1) is 11.5. The van der Waals surface area contributed by atoms with E-state index in [2.05, 4.69) is 50.8 Å². The van der Waals surface area contributed by atoms with Crippen LogP contribution in [0, 0.1) is 0 Å². The van der Waals surface area contributed by atoms with Crippen LogP contribution in [0.2, 0.25) is 0 Å². The Balaban J connectivity index is 2.01. The lowest BCUT2D eigenvalue weighted by molar-refractivity contribution is 1.29. The Morgan fingerprint density at radius 1 is 1.00 bits per heavy atom. The standard InChI is InChI=1S/C15H11IN2/c16-12(10-11-6-2-1-3-7-11)15-17-13-8-4-5-9-14(13)18-15/h1-10H,(H,17,18). The van der Waals surface area contributed by atoms with Crippen LogP contribution in [0.4, 0.5) is 0 Å². The average Bonchev–Trinajstić information content (AvgIpc) is 2.84. The number of aromatic amines is 1. The summed E-state index contributed by atoms with van der Waals surface area (Å²) in [4.78, 5) is 7.91. The van der Waals surface area contributed by atoms with Gasteiger partial charge >= 0.3 is 0 Å². The second-order valence-electron chi connectivity index (χ2n) is 4.01. The first-order valence-electron chi connectivity index (χ1n) is 5.70. The molecule has 18 heavy (non-hydrogen) atoms. The van der Waals surface area contributed by atoms with Crippen LogP contribution in [-0.2, 0) is 0 Å². The van der Waals surface area contributed by atoms with Crippen molar-refractivity contribution in [3.8, 4) is 0 Å². The van der Waals surface area contributed by atoms with Crippen LogP contribution in [0.3, 0.4) is 0 Å². The topological polar surface area (TPSA) is 28.7 Å². The summed E-state index contributed by atoms with van der Waals surface area (Å²) in [6.07, 6.45) is 2.12. The van der Waals surface area contributed by atoms with E-state index >= 15 is 0 Å². The number of benzene rings is 2. The SMILES string of the molecule is IC(=Cc1ccccc1)c1nc2ccccc2[nH]1. The van der Waals surface area contributed by atoms with Gasteiger partial charge in [-0.1, -0.05) is 42.5 Å². The lowest BCUT2D eigenvalue weighted by atomic mass is 10.2. The molecular formula is C15H11IN2. The smallest absolute Gasteiger partial charge is 0.144 e. The molecule has 0 amide bonds. The fraction of sp³-hybridized carbons (Fsp3) is 0. The highest BCUT2D eigenvalue weighted by molar-refractivity contribution is 14.1. The van der Waals surface area contributed by atoms with E-state index in [1.165, 1.54) is 5.56 Å². The summed E-state index contributed by atoms with van der Waals surface area (Å²) in [5.74, 6) is 0.917. The van der Waals surface area contributed by atoms with Crippen molar-refractivity contribution >= 4 is 43.3 Å². The molecule has 0 unspecified atom stereocenters. The number of nitrogens with one attached hydrogen (secondary N) is 1. The molecule has 88 valence electrons. The van der Waals surface area contributed by atoms with E-state index in [0.717, 1.165) is 20.4 Å². The predicted octanol–water partition coefficient (Wildman–Crippen LogP) is 4.50. The number of aromatic nitrogens is 2. The quantitative estimate of drug-likeness (QED) is 0.681. The lowest BCUT2D eigenvalue weighted by Gasteiger charge is -1.95. The van der Waals surface area contributed by atoms with Crippen molar-refractivity contribution in [2.24, 2.45) is 0 Å². The van der Waals surface area contributed by atoms with Crippen molar-refractivity contribution in [2.75, 3.05) is 0 Å². The van der Waals surface area contributed by atoms with Gasteiger partial charge in [-0.3, -0.25) is 0 Å². The molecule has 0 saturated carbocycles. The summed E-state index contributed by atoms with van der Waals surface area (Å²) in [5, 5.41) is 0. The third-order valence-corrected chi connectivity index (χ3v) is 3.53. The van der Waals surface area contributed by atoms with Crippen LogP contribution in [-0.4, -0.2) is 9.97 Å². The molecule has 0 atom stereocenters. The zero-order chi connectivity index (χ0) is 12.4. The van der Waals surface area contributed by atoms with E-state index in [-0.39, 0.29) is 0 Å². The fourth-order valence-corrected chi connectivity index (χ4v) is 2.44.